The molecule has 176 valence electrons. The van der Waals surface area contributed by atoms with E-state index in [0.29, 0.717) is 39.3 Å². The SMILES string of the molecule is C[C@@H](Nc1nccc2nc(N3CC([C@H]4CCCN(CCO)C4)C3)oc12)c1ccc(Cl)cc1Cl. The van der Waals surface area contributed by atoms with Gasteiger partial charge < -0.3 is 24.6 Å². The molecule has 2 aromatic heterocycles. The molecule has 0 aliphatic carbocycles. The Bertz CT molecular complexity index is 1120. The van der Waals surface area contributed by atoms with E-state index in [9.17, 15) is 5.11 Å². The van der Waals surface area contributed by atoms with Crippen molar-refractivity contribution in [2.75, 3.05) is 49.5 Å². The van der Waals surface area contributed by atoms with Crippen molar-refractivity contribution in [3.05, 3.63) is 46.1 Å². The number of piperidine rings is 1. The van der Waals surface area contributed by atoms with Gasteiger partial charge in [0.2, 0.25) is 0 Å². The van der Waals surface area contributed by atoms with Crippen LogP contribution in [-0.2, 0) is 0 Å². The van der Waals surface area contributed by atoms with Gasteiger partial charge in [0.25, 0.3) is 6.01 Å². The van der Waals surface area contributed by atoms with Crippen LogP contribution in [-0.4, -0.2) is 59.3 Å². The van der Waals surface area contributed by atoms with Gasteiger partial charge in [-0.15, -0.1) is 0 Å². The quantitative estimate of drug-likeness (QED) is 0.491. The fourth-order valence-corrected chi connectivity index (χ4v) is 5.58. The highest BCUT2D eigenvalue weighted by Crippen LogP contribution is 2.36. The predicted octanol–water partition coefficient (Wildman–Crippen LogP) is 4.84. The molecule has 0 bridgehead atoms. The maximum atomic E-state index is 9.25. The van der Waals surface area contributed by atoms with Crippen molar-refractivity contribution in [3.8, 4) is 0 Å². The Morgan fingerprint density at radius 2 is 2.06 bits per heavy atom. The average molecular weight is 490 g/mol. The lowest BCUT2D eigenvalue weighted by Crippen LogP contribution is -2.53. The van der Waals surface area contributed by atoms with Crippen molar-refractivity contribution in [2.24, 2.45) is 11.8 Å². The van der Waals surface area contributed by atoms with Crippen LogP contribution < -0.4 is 10.2 Å². The lowest BCUT2D eigenvalue weighted by molar-refractivity contribution is 0.100. The molecular weight excluding hydrogens is 461 g/mol. The van der Waals surface area contributed by atoms with Gasteiger partial charge in [-0.05, 0) is 61.9 Å². The minimum absolute atomic E-state index is 0.0806. The standard InChI is InChI=1S/C24H29Cl2N5O2/c1-15(19-5-4-18(25)11-20(19)26)28-23-22-21(6-7-27-23)29-24(33-22)31-13-17(14-31)16-3-2-8-30(12-16)9-10-32/h4-7,11,15-17,32H,2-3,8-10,12-14H2,1H3,(H,27,28)/t15-,16+/m1/s1. The normalized spacial score (nSPS) is 20.7. The number of pyridine rings is 1. The lowest BCUT2D eigenvalue weighted by atomic mass is 9.81. The second kappa shape index (κ2) is 9.66. The number of anilines is 2. The number of benzene rings is 1. The van der Waals surface area contributed by atoms with Crippen LogP contribution >= 0.6 is 23.2 Å². The third kappa shape index (κ3) is 4.78. The van der Waals surface area contributed by atoms with Gasteiger partial charge >= 0.3 is 0 Å². The van der Waals surface area contributed by atoms with Gasteiger partial charge in [0.1, 0.15) is 5.52 Å². The van der Waals surface area contributed by atoms with Gasteiger partial charge in [-0.25, -0.2) is 4.98 Å². The van der Waals surface area contributed by atoms with E-state index < -0.39 is 0 Å². The van der Waals surface area contributed by atoms with E-state index in [4.69, 9.17) is 32.6 Å². The number of nitrogens with zero attached hydrogens (tertiary/aromatic N) is 4. The lowest BCUT2D eigenvalue weighted by Gasteiger charge is -2.45. The van der Waals surface area contributed by atoms with Crippen LogP contribution in [0, 0.1) is 11.8 Å². The first-order chi connectivity index (χ1) is 16.0. The molecule has 0 amide bonds. The van der Waals surface area contributed by atoms with E-state index in [-0.39, 0.29) is 12.6 Å². The fraction of sp³-hybridized carbons (Fsp3) is 0.500. The van der Waals surface area contributed by atoms with Gasteiger partial charge in [0, 0.05) is 42.4 Å². The number of fused-ring (bicyclic) bond motifs is 1. The fourth-order valence-electron chi connectivity index (χ4n) is 5.01. The van der Waals surface area contributed by atoms with E-state index in [0.717, 1.165) is 43.8 Å². The number of oxazole rings is 1. The highest BCUT2D eigenvalue weighted by atomic mass is 35.5. The van der Waals surface area contributed by atoms with Crippen LogP contribution in [0.15, 0.2) is 34.9 Å². The first-order valence-corrected chi connectivity index (χ1v) is 12.3. The Morgan fingerprint density at radius 1 is 1.21 bits per heavy atom. The third-order valence-electron chi connectivity index (χ3n) is 6.88. The molecular formula is C24H29Cl2N5O2. The molecule has 9 heteroatoms. The summed E-state index contributed by atoms with van der Waals surface area (Å²) in [5.41, 5.74) is 2.37. The molecule has 3 aromatic rings. The second-order valence-electron chi connectivity index (χ2n) is 9.13. The predicted molar refractivity (Wildman–Crippen MR) is 132 cm³/mol. The van der Waals surface area contributed by atoms with Crippen molar-refractivity contribution in [3.63, 3.8) is 0 Å². The zero-order valence-electron chi connectivity index (χ0n) is 18.7. The Hall–Kier alpha value is -2.06. The van der Waals surface area contributed by atoms with E-state index in [1.165, 1.54) is 12.8 Å². The van der Waals surface area contributed by atoms with E-state index in [1.54, 1.807) is 12.3 Å². The number of β-amino-alcohol motifs (C(OH)–C–C–N with tert-alkyl or cyclic N) is 1. The van der Waals surface area contributed by atoms with Crippen molar-refractivity contribution in [1.29, 1.82) is 0 Å². The minimum Gasteiger partial charge on any atom is -0.419 e. The Kier molecular flexibility index (Phi) is 6.65. The summed E-state index contributed by atoms with van der Waals surface area (Å²) in [5.74, 6) is 1.97. The second-order valence-corrected chi connectivity index (χ2v) is 9.97. The first-order valence-electron chi connectivity index (χ1n) is 11.6. The van der Waals surface area contributed by atoms with Crippen molar-refractivity contribution in [2.45, 2.75) is 25.8 Å². The largest absolute Gasteiger partial charge is 0.419 e. The molecule has 7 nitrogen and oxygen atoms in total. The van der Waals surface area contributed by atoms with Gasteiger partial charge in [-0.1, -0.05) is 29.3 Å². The summed E-state index contributed by atoms with van der Waals surface area (Å²) in [6.45, 7) is 7.13. The number of rotatable bonds is 7. The molecule has 2 aliphatic heterocycles. The van der Waals surface area contributed by atoms with Crippen molar-refractivity contribution in [1.82, 2.24) is 14.9 Å². The van der Waals surface area contributed by atoms with Gasteiger partial charge in [-0.2, -0.15) is 4.98 Å². The zero-order chi connectivity index (χ0) is 22.9. The van der Waals surface area contributed by atoms with Crippen LogP contribution in [0.4, 0.5) is 11.8 Å². The summed E-state index contributed by atoms with van der Waals surface area (Å²) >= 11 is 12.4. The molecule has 0 unspecified atom stereocenters. The number of aliphatic hydroxyl groups is 1. The van der Waals surface area contributed by atoms with Crippen LogP contribution in [0.1, 0.15) is 31.4 Å². The van der Waals surface area contributed by atoms with Gasteiger partial charge in [-0.3, -0.25) is 0 Å². The summed E-state index contributed by atoms with van der Waals surface area (Å²) in [5, 5.41) is 13.9. The van der Waals surface area contributed by atoms with Gasteiger partial charge in [0.05, 0.1) is 12.6 Å². The minimum atomic E-state index is -0.0806. The van der Waals surface area contributed by atoms with Crippen LogP contribution in [0.2, 0.25) is 10.0 Å². The molecule has 2 saturated heterocycles. The number of aliphatic hydroxyl groups excluding tert-OH is 1. The molecule has 2 N–H and O–H groups in total. The topological polar surface area (TPSA) is 77.7 Å². The molecule has 0 saturated carbocycles. The number of aromatic nitrogens is 2. The average Bonchev–Trinajstić information content (AvgIpc) is 3.18. The maximum Gasteiger partial charge on any atom is 0.298 e. The molecule has 2 atom stereocenters. The molecule has 0 spiro atoms. The molecule has 33 heavy (non-hydrogen) atoms. The van der Waals surface area contributed by atoms with Gasteiger partial charge in [0.15, 0.2) is 11.4 Å². The Balaban J connectivity index is 1.27. The van der Waals surface area contributed by atoms with Crippen LogP contribution in [0.25, 0.3) is 11.1 Å². The first kappa shape index (κ1) is 22.7. The monoisotopic (exact) mass is 489 g/mol. The van der Waals surface area contributed by atoms with E-state index in [1.807, 2.05) is 25.1 Å². The zero-order valence-corrected chi connectivity index (χ0v) is 20.2. The molecule has 2 aliphatic rings. The number of halogens is 2. The summed E-state index contributed by atoms with van der Waals surface area (Å²) in [4.78, 5) is 13.8. The summed E-state index contributed by atoms with van der Waals surface area (Å²) in [6, 6.07) is 7.94. The summed E-state index contributed by atoms with van der Waals surface area (Å²) in [6.07, 6.45) is 4.21. The highest BCUT2D eigenvalue weighted by Gasteiger charge is 2.37. The smallest absolute Gasteiger partial charge is 0.298 e. The van der Waals surface area contributed by atoms with Crippen LogP contribution in [0.3, 0.4) is 0 Å². The van der Waals surface area contributed by atoms with Crippen molar-refractivity contribution < 1.29 is 9.52 Å². The molecule has 4 heterocycles. The number of nitrogens with one attached hydrogen (secondary N) is 1. The number of likely N-dealkylation sites (tertiary alicyclic amines) is 1. The number of hydrogen-bond acceptors (Lipinski definition) is 7. The summed E-state index contributed by atoms with van der Waals surface area (Å²) in [7, 11) is 0. The Morgan fingerprint density at radius 3 is 2.85 bits per heavy atom. The molecule has 5 rings (SSSR count). The summed E-state index contributed by atoms with van der Waals surface area (Å²) < 4.78 is 6.18. The van der Waals surface area contributed by atoms with Crippen LogP contribution in [0.5, 0.6) is 0 Å². The molecule has 0 radical (unpaired) electrons. The van der Waals surface area contributed by atoms with E-state index in [2.05, 4.69) is 20.1 Å². The molecule has 2 fully saturated rings. The maximum absolute atomic E-state index is 9.25. The van der Waals surface area contributed by atoms with E-state index >= 15 is 0 Å². The Labute approximate surface area is 203 Å². The molecule has 1 aromatic carbocycles. The highest BCUT2D eigenvalue weighted by molar-refractivity contribution is 6.35. The number of hydrogen-bond donors (Lipinski definition) is 2. The van der Waals surface area contributed by atoms with Crippen molar-refractivity contribution >= 4 is 46.1 Å². The third-order valence-corrected chi connectivity index (χ3v) is 7.44.